The first kappa shape index (κ1) is 4.53. The predicted octanol–water partition coefficient (Wildman–Crippen LogP) is 0.600. The molecule has 0 N–H and O–H groups in total. The van der Waals surface area contributed by atoms with Gasteiger partial charge in [0.25, 0.3) is 0 Å². The van der Waals surface area contributed by atoms with Gasteiger partial charge in [0.05, 0.1) is 0 Å². The zero-order valence-corrected chi connectivity index (χ0v) is 4.16. The van der Waals surface area contributed by atoms with Crippen LogP contribution in [0.25, 0.3) is 0 Å². The molecule has 1 rings (SSSR count). The Morgan fingerprint density at radius 1 is 1.71 bits per heavy atom. The SMILES string of the molecule is COC1C=CN=C1. The van der Waals surface area contributed by atoms with Crippen molar-refractivity contribution < 1.29 is 4.74 Å². The molecule has 1 aliphatic rings. The molecule has 1 unspecified atom stereocenters. The third-order valence-electron chi connectivity index (χ3n) is 0.867. The Morgan fingerprint density at radius 3 is 2.86 bits per heavy atom. The minimum Gasteiger partial charge on any atom is -0.372 e. The summed E-state index contributed by atoms with van der Waals surface area (Å²) >= 11 is 0. The molecule has 0 amide bonds. The molecule has 0 aromatic rings. The van der Waals surface area contributed by atoms with Crippen LogP contribution in [-0.4, -0.2) is 19.4 Å². The molecule has 38 valence electrons. The molecule has 2 heteroatoms. The Balaban J connectivity index is 2.44. The first-order valence-corrected chi connectivity index (χ1v) is 2.16. The van der Waals surface area contributed by atoms with E-state index in [4.69, 9.17) is 4.74 Å². The standard InChI is InChI=1S/C5H7NO/c1-7-5-2-3-6-4-5/h2-5H,1H3. The van der Waals surface area contributed by atoms with Crippen LogP contribution in [0, 0.1) is 0 Å². The van der Waals surface area contributed by atoms with E-state index in [2.05, 4.69) is 4.99 Å². The quantitative estimate of drug-likeness (QED) is 0.469. The minimum atomic E-state index is 0.125. The van der Waals surface area contributed by atoms with Crippen molar-refractivity contribution in [2.75, 3.05) is 7.11 Å². The summed E-state index contributed by atoms with van der Waals surface area (Å²) in [6, 6.07) is 0. The van der Waals surface area contributed by atoms with Gasteiger partial charge in [-0.1, -0.05) is 0 Å². The Labute approximate surface area is 42.5 Å². The van der Waals surface area contributed by atoms with Crippen LogP contribution in [0.1, 0.15) is 0 Å². The first-order valence-electron chi connectivity index (χ1n) is 2.16. The van der Waals surface area contributed by atoms with E-state index < -0.39 is 0 Å². The Hall–Kier alpha value is -0.630. The molecule has 0 saturated heterocycles. The zero-order chi connectivity index (χ0) is 5.11. The van der Waals surface area contributed by atoms with Crippen molar-refractivity contribution in [3.8, 4) is 0 Å². The Kier molecular flexibility index (Phi) is 1.22. The van der Waals surface area contributed by atoms with Gasteiger partial charge in [-0.25, -0.2) is 0 Å². The number of aliphatic imine (C=N–C) groups is 1. The number of methoxy groups -OCH3 is 1. The second-order valence-corrected chi connectivity index (χ2v) is 1.34. The Bertz CT molecular complexity index is 94.6. The highest BCUT2D eigenvalue weighted by Gasteiger charge is 1.98. The maximum atomic E-state index is 4.88. The van der Waals surface area contributed by atoms with Crippen molar-refractivity contribution in [2.24, 2.45) is 4.99 Å². The van der Waals surface area contributed by atoms with Crippen molar-refractivity contribution >= 4 is 6.21 Å². The Morgan fingerprint density at radius 2 is 2.57 bits per heavy atom. The molecule has 0 aromatic heterocycles. The van der Waals surface area contributed by atoms with Gasteiger partial charge < -0.3 is 4.74 Å². The maximum Gasteiger partial charge on any atom is 0.112 e. The van der Waals surface area contributed by atoms with Crippen LogP contribution in [0.2, 0.25) is 0 Å². The monoisotopic (exact) mass is 97.1 g/mol. The molecule has 2 nitrogen and oxygen atoms in total. The van der Waals surface area contributed by atoms with Gasteiger partial charge in [0.15, 0.2) is 0 Å². The maximum absolute atomic E-state index is 4.88. The molecule has 0 fully saturated rings. The van der Waals surface area contributed by atoms with E-state index in [1.165, 1.54) is 0 Å². The third-order valence-corrected chi connectivity index (χ3v) is 0.867. The van der Waals surface area contributed by atoms with Gasteiger partial charge in [-0.15, -0.1) is 0 Å². The van der Waals surface area contributed by atoms with Crippen LogP contribution in [0.3, 0.4) is 0 Å². The fraction of sp³-hybridized carbons (Fsp3) is 0.400. The molecule has 7 heavy (non-hydrogen) atoms. The van der Waals surface area contributed by atoms with E-state index in [1.54, 1.807) is 19.5 Å². The van der Waals surface area contributed by atoms with Gasteiger partial charge in [-0.3, -0.25) is 4.99 Å². The summed E-state index contributed by atoms with van der Waals surface area (Å²) in [5, 5.41) is 0. The average Bonchev–Trinajstić information content (AvgIpc) is 2.14. The van der Waals surface area contributed by atoms with Crippen molar-refractivity contribution in [1.82, 2.24) is 0 Å². The topological polar surface area (TPSA) is 21.6 Å². The van der Waals surface area contributed by atoms with Gasteiger partial charge >= 0.3 is 0 Å². The second-order valence-electron chi connectivity index (χ2n) is 1.34. The molecular weight excluding hydrogens is 90.1 g/mol. The molecule has 0 bridgehead atoms. The van der Waals surface area contributed by atoms with Crippen LogP contribution in [0.15, 0.2) is 17.3 Å². The van der Waals surface area contributed by atoms with Crippen molar-refractivity contribution in [3.05, 3.63) is 12.3 Å². The summed E-state index contributed by atoms with van der Waals surface area (Å²) in [6.45, 7) is 0. The van der Waals surface area contributed by atoms with Gasteiger partial charge in [-0.2, -0.15) is 0 Å². The third kappa shape index (κ3) is 0.871. The van der Waals surface area contributed by atoms with Crippen molar-refractivity contribution in [2.45, 2.75) is 6.10 Å². The lowest BCUT2D eigenvalue weighted by Gasteiger charge is -1.95. The highest BCUT2D eigenvalue weighted by atomic mass is 16.5. The number of nitrogens with zero attached hydrogens (tertiary/aromatic N) is 1. The number of rotatable bonds is 1. The van der Waals surface area contributed by atoms with Gasteiger partial charge in [0.2, 0.25) is 0 Å². The zero-order valence-electron chi connectivity index (χ0n) is 4.16. The van der Waals surface area contributed by atoms with Crippen LogP contribution < -0.4 is 0 Å². The van der Waals surface area contributed by atoms with Crippen LogP contribution in [0.5, 0.6) is 0 Å². The molecule has 1 heterocycles. The molecule has 0 spiro atoms. The van der Waals surface area contributed by atoms with Gasteiger partial charge in [-0.05, 0) is 6.08 Å². The lowest BCUT2D eigenvalue weighted by molar-refractivity contribution is 0.196. The number of ether oxygens (including phenoxy) is 1. The minimum absolute atomic E-state index is 0.125. The summed E-state index contributed by atoms with van der Waals surface area (Å²) < 4.78 is 4.88. The lowest BCUT2D eigenvalue weighted by Crippen LogP contribution is -2.03. The molecule has 1 aliphatic heterocycles. The van der Waals surface area contributed by atoms with E-state index in [1.807, 2.05) is 6.08 Å². The fourth-order valence-corrected chi connectivity index (χ4v) is 0.458. The average molecular weight is 97.1 g/mol. The largest absolute Gasteiger partial charge is 0.372 e. The van der Waals surface area contributed by atoms with Gasteiger partial charge in [0.1, 0.15) is 6.10 Å². The van der Waals surface area contributed by atoms with E-state index in [-0.39, 0.29) is 6.10 Å². The highest BCUT2D eigenvalue weighted by molar-refractivity contribution is 5.69. The predicted molar refractivity (Wildman–Crippen MR) is 28.4 cm³/mol. The smallest absolute Gasteiger partial charge is 0.112 e. The summed E-state index contributed by atoms with van der Waals surface area (Å²) in [5.41, 5.74) is 0. The summed E-state index contributed by atoms with van der Waals surface area (Å²) in [7, 11) is 1.66. The highest BCUT2D eigenvalue weighted by Crippen LogP contribution is 1.95. The van der Waals surface area contributed by atoms with Crippen molar-refractivity contribution in [3.63, 3.8) is 0 Å². The fourth-order valence-electron chi connectivity index (χ4n) is 0.458. The molecule has 0 aromatic carbocycles. The van der Waals surface area contributed by atoms with Crippen LogP contribution in [0.4, 0.5) is 0 Å². The molecule has 0 aliphatic carbocycles. The van der Waals surface area contributed by atoms with E-state index in [0.29, 0.717) is 0 Å². The number of hydrogen-bond acceptors (Lipinski definition) is 2. The second kappa shape index (κ2) is 1.89. The summed E-state index contributed by atoms with van der Waals surface area (Å²) in [6.07, 6.45) is 5.49. The molecular formula is C5H7NO. The summed E-state index contributed by atoms with van der Waals surface area (Å²) in [5.74, 6) is 0. The van der Waals surface area contributed by atoms with E-state index in [9.17, 15) is 0 Å². The molecule has 1 atom stereocenters. The first-order chi connectivity index (χ1) is 3.43. The summed E-state index contributed by atoms with van der Waals surface area (Å²) in [4.78, 5) is 3.81. The van der Waals surface area contributed by atoms with Gasteiger partial charge in [0, 0.05) is 19.5 Å². The normalized spacial score (nSPS) is 26.7. The van der Waals surface area contributed by atoms with Crippen LogP contribution in [-0.2, 0) is 4.74 Å². The van der Waals surface area contributed by atoms with Crippen molar-refractivity contribution in [1.29, 1.82) is 0 Å². The van der Waals surface area contributed by atoms with E-state index >= 15 is 0 Å². The van der Waals surface area contributed by atoms with Crippen LogP contribution >= 0.6 is 0 Å². The van der Waals surface area contributed by atoms with E-state index in [0.717, 1.165) is 0 Å². The molecule has 0 radical (unpaired) electrons. The number of hydrogen-bond donors (Lipinski definition) is 0. The lowest BCUT2D eigenvalue weighted by atomic mass is 10.4. The molecule has 0 saturated carbocycles.